The smallest absolute Gasteiger partial charge is 0.257 e. The van der Waals surface area contributed by atoms with Gasteiger partial charge in [0.1, 0.15) is 17.6 Å². The summed E-state index contributed by atoms with van der Waals surface area (Å²) in [5.41, 5.74) is 6.40. The van der Waals surface area contributed by atoms with Crippen LogP contribution in [0.2, 0.25) is 5.02 Å². The number of carbonyl (C=O) groups is 3. The predicted octanol–water partition coefficient (Wildman–Crippen LogP) is 2.79. The van der Waals surface area contributed by atoms with Crippen molar-refractivity contribution in [1.29, 1.82) is 0 Å². The molecule has 4 heterocycles. The molecule has 37 heavy (non-hydrogen) atoms. The number of furan rings is 1. The number of halogens is 1. The molecule has 198 valence electrons. The third-order valence-electron chi connectivity index (χ3n) is 6.95. The van der Waals surface area contributed by atoms with Gasteiger partial charge in [0.2, 0.25) is 11.8 Å². The molecule has 2 aromatic heterocycles. The lowest BCUT2D eigenvalue weighted by molar-refractivity contribution is -0.127. The molecule has 2 aliphatic rings. The van der Waals surface area contributed by atoms with Crippen molar-refractivity contribution < 1.29 is 23.5 Å². The number of piperidine rings is 2. The first-order valence-corrected chi connectivity index (χ1v) is 12.8. The third-order valence-corrected chi connectivity index (χ3v) is 7.26. The number of nitrogens with zero attached hydrogens (tertiary/aromatic N) is 3. The third kappa shape index (κ3) is 6.90. The van der Waals surface area contributed by atoms with Gasteiger partial charge in [0.25, 0.3) is 5.91 Å². The number of likely N-dealkylation sites (tertiary alicyclic amines) is 2. The Morgan fingerprint density at radius 3 is 2.57 bits per heavy atom. The highest BCUT2D eigenvalue weighted by Gasteiger charge is 2.27. The van der Waals surface area contributed by atoms with Gasteiger partial charge in [0, 0.05) is 44.8 Å². The van der Waals surface area contributed by atoms with Crippen LogP contribution < -0.4 is 15.8 Å². The van der Waals surface area contributed by atoms with Gasteiger partial charge in [-0.15, -0.1) is 0 Å². The lowest BCUT2D eigenvalue weighted by Crippen LogP contribution is -2.47. The molecule has 3 N–H and O–H groups in total. The Hall–Kier alpha value is -3.37. The molecular weight excluding hydrogens is 498 g/mol. The molecule has 0 atom stereocenters. The second kappa shape index (κ2) is 12.2. The largest absolute Gasteiger partial charge is 0.480 e. The molecule has 2 saturated heterocycles. The Balaban J connectivity index is 1.18. The average molecular weight is 530 g/mol. The summed E-state index contributed by atoms with van der Waals surface area (Å²) in [5.74, 6) is 0.129. The fraction of sp³-hybridized carbons (Fsp3) is 0.462. The van der Waals surface area contributed by atoms with E-state index in [0.717, 1.165) is 45.3 Å². The number of ketones is 1. The number of hydrogen-bond acceptors (Lipinski definition) is 8. The van der Waals surface area contributed by atoms with E-state index in [-0.39, 0.29) is 45.9 Å². The van der Waals surface area contributed by atoms with E-state index < -0.39 is 0 Å². The van der Waals surface area contributed by atoms with Crippen LogP contribution in [0.15, 0.2) is 41.2 Å². The zero-order valence-corrected chi connectivity index (χ0v) is 21.6. The van der Waals surface area contributed by atoms with E-state index >= 15 is 0 Å². The van der Waals surface area contributed by atoms with Gasteiger partial charge < -0.3 is 30.0 Å². The lowest BCUT2D eigenvalue weighted by Gasteiger charge is -2.37. The van der Waals surface area contributed by atoms with Crippen LogP contribution in [0.4, 0.5) is 5.82 Å². The number of nitrogen functional groups attached to an aromatic ring is 1. The van der Waals surface area contributed by atoms with Crippen molar-refractivity contribution in [2.24, 2.45) is 5.92 Å². The van der Waals surface area contributed by atoms with Crippen molar-refractivity contribution in [3.05, 3.63) is 53.0 Å². The van der Waals surface area contributed by atoms with Crippen LogP contribution in [0.25, 0.3) is 0 Å². The Morgan fingerprint density at radius 1 is 1.19 bits per heavy atom. The van der Waals surface area contributed by atoms with E-state index in [1.165, 1.54) is 37.9 Å². The molecule has 2 aliphatic heterocycles. The second-order valence-corrected chi connectivity index (χ2v) is 9.85. The van der Waals surface area contributed by atoms with Crippen LogP contribution in [-0.2, 0) is 4.79 Å². The first-order chi connectivity index (χ1) is 17.8. The minimum atomic E-state index is -0.276. The van der Waals surface area contributed by atoms with Crippen LogP contribution in [0.3, 0.4) is 0 Å². The summed E-state index contributed by atoms with van der Waals surface area (Å²) in [6.45, 7) is 4.12. The molecule has 0 saturated carbocycles. The molecule has 0 radical (unpaired) electrons. The Kier molecular flexibility index (Phi) is 8.83. The van der Waals surface area contributed by atoms with Crippen LogP contribution in [-0.4, -0.2) is 78.3 Å². The van der Waals surface area contributed by atoms with E-state index in [4.69, 9.17) is 26.5 Å². The summed E-state index contributed by atoms with van der Waals surface area (Å²) in [4.78, 5) is 45.5. The minimum Gasteiger partial charge on any atom is -0.480 e. The van der Waals surface area contributed by atoms with E-state index in [1.807, 2.05) is 0 Å². The first kappa shape index (κ1) is 26.7. The van der Waals surface area contributed by atoms with Crippen LogP contribution >= 0.6 is 11.6 Å². The Bertz CT molecular complexity index is 1140. The number of ether oxygens (including phenoxy) is 1. The molecule has 0 spiro atoms. The minimum absolute atomic E-state index is 0.0563. The molecule has 0 aromatic carbocycles. The zero-order valence-electron chi connectivity index (χ0n) is 20.8. The topological polar surface area (TPSA) is 131 Å². The van der Waals surface area contributed by atoms with Crippen molar-refractivity contribution in [3.8, 4) is 5.88 Å². The fourth-order valence-corrected chi connectivity index (χ4v) is 4.93. The highest BCUT2D eigenvalue weighted by atomic mass is 35.5. The van der Waals surface area contributed by atoms with Crippen LogP contribution in [0.1, 0.15) is 46.4 Å². The van der Waals surface area contributed by atoms with Gasteiger partial charge >= 0.3 is 0 Å². The van der Waals surface area contributed by atoms with E-state index in [9.17, 15) is 14.4 Å². The maximum absolute atomic E-state index is 12.8. The number of rotatable bonds is 8. The maximum atomic E-state index is 12.8. The summed E-state index contributed by atoms with van der Waals surface area (Å²) in [6.07, 6.45) is 8.99. The number of amides is 2. The quantitative estimate of drug-likeness (QED) is 0.394. The predicted molar refractivity (Wildman–Crippen MR) is 139 cm³/mol. The van der Waals surface area contributed by atoms with Gasteiger partial charge in [-0.3, -0.25) is 14.4 Å². The van der Waals surface area contributed by atoms with Crippen molar-refractivity contribution in [2.75, 3.05) is 45.6 Å². The van der Waals surface area contributed by atoms with E-state index in [0.29, 0.717) is 24.6 Å². The Morgan fingerprint density at radius 2 is 1.92 bits per heavy atom. The molecule has 2 aromatic rings. The van der Waals surface area contributed by atoms with Gasteiger partial charge in [-0.2, -0.15) is 4.98 Å². The number of anilines is 1. The molecule has 0 unspecified atom stereocenters. The van der Waals surface area contributed by atoms with Gasteiger partial charge in [-0.1, -0.05) is 11.6 Å². The molecular formula is C26H32ClN5O5. The van der Waals surface area contributed by atoms with E-state index in [1.54, 1.807) is 11.0 Å². The van der Waals surface area contributed by atoms with Crippen molar-refractivity contribution in [1.82, 2.24) is 20.1 Å². The molecule has 0 aliphatic carbocycles. The number of nitrogens with one attached hydrogen (secondary N) is 1. The SMILES string of the molecule is COc1nc(N)c(Cl)cc1C(=O)NC1CCN(CC2CCN(C(=O)/C=C/C(=O)c3ccoc3)CC2)CC1. The van der Waals surface area contributed by atoms with Gasteiger partial charge in [-0.25, -0.2) is 0 Å². The number of carbonyl (C=O) groups excluding carboxylic acids is 3. The van der Waals surface area contributed by atoms with Crippen molar-refractivity contribution in [3.63, 3.8) is 0 Å². The molecule has 11 heteroatoms. The monoisotopic (exact) mass is 529 g/mol. The molecule has 4 rings (SSSR count). The first-order valence-electron chi connectivity index (χ1n) is 12.4. The average Bonchev–Trinajstić information content (AvgIpc) is 3.45. The van der Waals surface area contributed by atoms with E-state index in [2.05, 4.69) is 15.2 Å². The van der Waals surface area contributed by atoms with Crippen LogP contribution in [0, 0.1) is 5.92 Å². The standard InChI is InChI=1S/C26H32ClN5O5/c1-36-26-20(14-21(27)24(28)30-26)25(35)29-19-6-9-31(10-7-19)15-17-4-11-32(12-5-17)23(34)3-2-22(33)18-8-13-37-16-18/h2-3,8,13-14,16-17,19H,4-7,9-12,15H2,1H3,(H2,28,30)(H,29,35)/b3-2+. The van der Waals surface area contributed by atoms with Crippen molar-refractivity contribution >= 4 is 35.0 Å². The number of hydrogen-bond donors (Lipinski definition) is 2. The fourth-order valence-electron chi connectivity index (χ4n) is 4.78. The summed E-state index contributed by atoms with van der Waals surface area (Å²) >= 11 is 6.04. The summed E-state index contributed by atoms with van der Waals surface area (Å²) in [5, 5.41) is 3.28. The number of pyridine rings is 1. The number of aromatic nitrogens is 1. The summed E-state index contributed by atoms with van der Waals surface area (Å²) < 4.78 is 10.1. The summed E-state index contributed by atoms with van der Waals surface area (Å²) in [7, 11) is 1.44. The Labute approximate surface area is 220 Å². The highest BCUT2D eigenvalue weighted by Crippen LogP contribution is 2.26. The molecule has 0 bridgehead atoms. The number of nitrogens with two attached hydrogens (primary N) is 1. The molecule has 2 fully saturated rings. The van der Waals surface area contributed by atoms with Crippen LogP contribution in [0.5, 0.6) is 5.88 Å². The lowest BCUT2D eigenvalue weighted by atomic mass is 9.94. The van der Waals surface area contributed by atoms with Gasteiger partial charge in [0.15, 0.2) is 5.78 Å². The number of methoxy groups -OCH3 is 1. The highest BCUT2D eigenvalue weighted by molar-refractivity contribution is 6.33. The van der Waals surface area contributed by atoms with Crippen molar-refractivity contribution in [2.45, 2.75) is 31.7 Å². The summed E-state index contributed by atoms with van der Waals surface area (Å²) in [6, 6.07) is 3.11. The second-order valence-electron chi connectivity index (χ2n) is 9.44. The van der Waals surface area contributed by atoms with Gasteiger partial charge in [-0.05, 0) is 49.8 Å². The number of allylic oxidation sites excluding steroid dienone is 1. The maximum Gasteiger partial charge on any atom is 0.257 e. The zero-order chi connectivity index (χ0) is 26.4. The van der Waals surface area contributed by atoms with Gasteiger partial charge in [0.05, 0.1) is 24.0 Å². The molecule has 10 nitrogen and oxygen atoms in total. The molecule has 2 amide bonds. The normalized spacial score (nSPS) is 17.7.